The average molecular weight is 358 g/mol. The number of nitrogens with two attached hydrogens (primary N) is 1. The van der Waals surface area contributed by atoms with Crippen molar-refractivity contribution in [1.82, 2.24) is 19.7 Å². The lowest BCUT2D eigenvalue weighted by molar-refractivity contribution is 0.603. The van der Waals surface area contributed by atoms with Gasteiger partial charge in [-0.25, -0.2) is 4.98 Å². The van der Waals surface area contributed by atoms with Crippen LogP contribution in [0.15, 0.2) is 61.1 Å². The molecule has 6 nitrogen and oxygen atoms in total. The Bertz CT molecular complexity index is 1070. The SMILES string of the molecule is CCCn1cc(-c2ccc(N)c(NCc3ccc4ncccc4c3)n2)cn1. The number of anilines is 2. The van der Waals surface area contributed by atoms with Crippen molar-refractivity contribution in [2.45, 2.75) is 26.4 Å². The van der Waals surface area contributed by atoms with E-state index in [0.29, 0.717) is 18.1 Å². The largest absolute Gasteiger partial charge is 0.396 e. The second-order valence-corrected chi connectivity index (χ2v) is 6.51. The van der Waals surface area contributed by atoms with Crippen LogP contribution >= 0.6 is 0 Å². The monoisotopic (exact) mass is 358 g/mol. The molecule has 0 radical (unpaired) electrons. The van der Waals surface area contributed by atoms with Crippen molar-refractivity contribution in [3.05, 3.63) is 66.6 Å². The van der Waals surface area contributed by atoms with Crippen LogP contribution in [0.3, 0.4) is 0 Å². The van der Waals surface area contributed by atoms with Crippen LogP contribution in [0.4, 0.5) is 11.5 Å². The first-order valence-electron chi connectivity index (χ1n) is 9.10. The molecule has 3 N–H and O–H groups in total. The molecule has 0 fully saturated rings. The van der Waals surface area contributed by atoms with Gasteiger partial charge in [0, 0.05) is 36.4 Å². The fraction of sp³-hybridized carbons (Fsp3) is 0.190. The summed E-state index contributed by atoms with van der Waals surface area (Å²) in [4.78, 5) is 9.05. The van der Waals surface area contributed by atoms with Gasteiger partial charge in [-0.15, -0.1) is 0 Å². The lowest BCUT2D eigenvalue weighted by Gasteiger charge is -2.10. The Morgan fingerprint density at radius 3 is 2.96 bits per heavy atom. The van der Waals surface area contributed by atoms with Gasteiger partial charge in [0.05, 0.1) is 23.1 Å². The first kappa shape index (κ1) is 17.0. The van der Waals surface area contributed by atoms with Crippen molar-refractivity contribution >= 4 is 22.4 Å². The van der Waals surface area contributed by atoms with E-state index in [2.05, 4.69) is 40.5 Å². The van der Waals surface area contributed by atoms with Crippen molar-refractivity contribution in [2.75, 3.05) is 11.1 Å². The van der Waals surface area contributed by atoms with Gasteiger partial charge in [0.25, 0.3) is 0 Å². The van der Waals surface area contributed by atoms with E-state index in [4.69, 9.17) is 10.7 Å². The average Bonchev–Trinajstić information content (AvgIpc) is 3.16. The third kappa shape index (κ3) is 3.74. The number of hydrogen-bond donors (Lipinski definition) is 2. The summed E-state index contributed by atoms with van der Waals surface area (Å²) in [6, 6.07) is 14.0. The number of hydrogen-bond acceptors (Lipinski definition) is 5. The molecule has 0 spiro atoms. The van der Waals surface area contributed by atoms with Gasteiger partial charge in [-0.3, -0.25) is 9.67 Å². The van der Waals surface area contributed by atoms with Crippen LogP contribution in [0.25, 0.3) is 22.2 Å². The Morgan fingerprint density at radius 1 is 1.15 bits per heavy atom. The van der Waals surface area contributed by atoms with Crippen LogP contribution in [0.5, 0.6) is 0 Å². The molecule has 0 saturated carbocycles. The van der Waals surface area contributed by atoms with Crippen molar-refractivity contribution in [3.8, 4) is 11.3 Å². The fourth-order valence-corrected chi connectivity index (χ4v) is 3.04. The van der Waals surface area contributed by atoms with E-state index in [1.807, 2.05) is 41.3 Å². The summed E-state index contributed by atoms with van der Waals surface area (Å²) in [5.74, 6) is 0.682. The number of nitrogens with one attached hydrogen (secondary N) is 1. The molecule has 0 atom stereocenters. The third-order valence-corrected chi connectivity index (χ3v) is 4.44. The number of pyridine rings is 2. The normalized spacial score (nSPS) is 11.0. The molecular formula is C21H22N6. The highest BCUT2D eigenvalue weighted by atomic mass is 15.3. The first-order chi connectivity index (χ1) is 13.2. The standard InChI is InChI=1S/C21H22N6/c1-2-10-27-14-17(13-25-27)20-8-6-18(22)21(26-20)24-12-15-5-7-19-16(11-15)4-3-9-23-19/h3-9,11,13-14H,2,10,12,22H2,1H3,(H,24,26). The van der Waals surface area contributed by atoms with Crippen molar-refractivity contribution < 1.29 is 0 Å². The molecule has 136 valence electrons. The summed E-state index contributed by atoms with van der Waals surface area (Å²) in [6.45, 7) is 3.67. The molecule has 0 aliphatic carbocycles. The second kappa shape index (κ2) is 7.45. The molecule has 0 aliphatic rings. The summed E-state index contributed by atoms with van der Waals surface area (Å²) < 4.78 is 1.93. The number of rotatable bonds is 6. The van der Waals surface area contributed by atoms with Crippen LogP contribution in [0.1, 0.15) is 18.9 Å². The van der Waals surface area contributed by atoms with Crippen LogP contribution in [-0.2, 0) is 13.1 Å². The smallest absolute Gasteiger partial charge is 0.150 e. The van der Waals surface area contributed by atoms with Crippen LogP contribution in [0.2, 0.25) is 0 Å². The van der Waals surface area contributed by atoms with Gasteiger partial charge < -0.3 is 11.1 Å². The first-order valence-corrected chi connectivity index (χ1v) is 9.10. The molecule has 4 aromatic rings. The number of aromatic nitrogens is 4. The molecule has 6 heteroatoms. The number of nitrogens with zero attached hydrogens (tertiary/aromatic N) is 4. The van der Waals surface area contributed by atoms with E-state index < -0.39 is 0 Å². The predicted octanol–water partition coefficient (Wildman–Crippen LogP) is 4.10. The van der Waals surface area contributed by atoms with Gasteiger partial charge in [0.1, 0.15) is 5.82 Å². The molecule has 4 rings (SSSR count). The zero-order valence-electron chi connectivity index (χ0n) is 15.3. The fourth-order valence-electron chi connectivity index (χ4n) is 3.04. The minimum atomic E-state index is 0.627. The number of aryl methyl sites for hydroxylation is 1. The van der Waals surface area contributed by atoms with Gasteiger partial charge in [-0.1, -0.05) is 19.1 Å². The van der Waals surface area contributed by atoms with E-state index >= 15 is 0 Å². The lowest BCUT2D eigenvalue weighted by atomic mass is 10.1. The van der Waals surface area contributed by atoms with Gasteiger partial charge >= 0.3 is 0 Å². The number of benzene rings is 1. The summed E-state index contributed by atoms with van der Waals surface area (Å²) in [5, 5.41) is 8.85. The molecule has 0 aliphatic heterocycles. The van der Waals surface area contributed by atoms with Crippen LogP contribution in [0, 0.1) is 0 Å². The predicted molar refractivity (Wildman–Crippen MR) is 109 cm³/mol. The summed E-state index contributed by atoms with van der Waals surface area (Å²) >= 11 is 0. The summed E-state index contributed by atoms with van der Waals surface area (Å²) in [6.07, 6.45) is 6.71. The molecule has 3 aromatic heterocycles. The Kier molecular flexibility index (Phi) is 4.70. The molecule has 3 heterocycles. The zero-order valence-corrected chi connectivity index (χ0v) is 15.3. The third-order valence-electron chi connectivity index (χ3n) is 4.44. The minimum Gasteiger partial charge on any atom is -0.396 e. The van der Waals surface area contributed by atoms with Crippen molar-refractivity contribution in [1.29, 1.82) is 0 Å². The van der Waals surface area contributed by atoms with Crippen molar-refractivity contribution in [3.63, 3.8) is 0 Å². The maximum atomic E-state index is 6.12. The summed E-state index contributed by atoms with van der Waals surface area (Å²) in [5.41, 5.74) is 10.7. The van der Waals surface area contributed by atoms with E-state index in [9.17, 15) is 0 Å². The number of nitrogen functional groups attached to an aromatic ring is 1. The molecule has 0 amide bonds. The highest BCUT2D eigenvalue weighted by Gasteiger charge is 2.08. The van der Waals surface area contributed by atoms with Crippen molar-refractivity contribution in [2.24, 2.45) is 0 Å². The maximum absolute atomic E-state index is 6.12. The Balaban J connectivity index is 1.53. The van der Waals surface area contributed by atoms with E-state index in [1.54, 1.807) is 6.20 Å². The topological polar surface area (TPSA) is 81.6 Å². The highest BCUT2D eigenvalue weighted by molar-refractivity contribution is 5.79. The minimum absolute atomic E-state index is 0.627. The van der Waals surface area contributed by atoms with Gasteiger partial charge in [0.2, 0.25) is 0 Å². The quantitative estimate of drug-likeness (QED) is 0.542. The number of fused-ring (bicyclic) bond motifs is 1. The Morgan fingerprint density at radius 2 is 2.07 bits per heavy atom. The van der Waals surface area contributed by atoms with Crippen LogP contribution < -0.4 is 11.1 Å². The van der Waals surface area contributed by atoms with Crippen LogP contribution in [-0.4, -0.2) is 19.7 Å². The van der Waals surface area contributed by atoms with E-state index in [1.165, 1.54) is 0 Å². The van der Waals surface area contributed by atoms with Gasteiger partial charge in [0.15, 0.2) is 0 Å². The Hall–Kier alpha value is -3.41. The molecule has 0 bridgehead atoms. The zero-order chi connectivity index (χ0) is 18.6. The van der Waals surface area contributed by atoms with Gasteiger partial charge in [-0.2, -0.15) is 5.10 Å². The summed E-state index contributed by atoms with van der Waals surface area (Å²) in [7, 11) is 0. The maximum Gasteiger partial charge on any atom is 0.150 e. The molecule has 1 aromatic carbocycles. The van der Waals surface area contributed by atoms with Gasteiger partial charge in [-0.05, 0) is 42.3 Å². The second-order valence-electron chi connectivity index (χ2n) is 6.51. The Labute approximate surface area is 158 Å². The molecular weight excluding hydrogens is 336 g/mol. The lowest BCUT2D eigenvalue weighted by Crippen LogP contribution is -2.05. The molecule has 27 heavy (non-hydrogen) atoms. The van der Waals surface area contributed by atoms with E-state index in [0.717, 1.165) is 40.7 Å². The molecule has 0 unspecified atom stereocenters. The van der Waals surface area contributed by atoms with E-state index in [-0.39, 0.29) is 0 Å². The highest BCUT2D eigenvalue weighted by Crippen LogP contribution is 2.24. The molecule has 0 saturated heterocycles.